The lowest BCUT2D eigenvalue weighted by atomic mass is 9.93. The number of carbonyl (C=O) groups is 2. The van der Waals surface area contributed by atoms with E-state index in [0.717, 1.165) is 32.1 Å². The minimum atomic E-state index is -0.948. The second kappa shape index (κ2) is 13.8. The van der Waals surface area contributed by atoms with Gasteiger partial charge in [-0.05, 0) is 63.5 Å². The quantitative estimate of drug-likeness (QED) is 0.358. The third-order valence-electron chi connectivity index (χ3n) is 6.51. The van der Waals surface area contributed by atoms with E-state index in [4.69, 9.17) is 9.47 Å². The van der Waals surface area contributed by atoms with E-state index in [1.807, 2.05) is 18.2 Å². The van der Waals surface area contributed by atoms with Crippen LogP contribution in [0.4, 0.5) is 0 Å². The molecule has 2 aliphatic rings. The molecule has 1 saturated heterocycles. The number of hydrogen-bond donors (Lipinski definition) is 1. The number of esters is 1. The predicted molar refractivity (Wildman–Crippen MR) is 138 cm³/mol. The smallest absolute Gasteiger partial charge is 0.331 e. The summed E-state index contributed by atoms with van der Waals surface area (Å²) in [4.78, 5) is 23.8. The van der Waals surface area contributed by atoms with Crippen molar-refractivity contribution in [1.29, 1.82) is 0 Å². The van der Waals surface area contributed by atoms with Gasteiger partial charge in [-0.15, -0.1) is 0 Å². The summed E-state index contributed by atoms with van der Waals surface area (Å²) >= 11 is 0. The number of carbonyl (C=O) groups excluding carboxylic acids is 1. The molecule has 3 atom stereocenters. The van der Waals surface area contributed by atoms with Crippen LogP contribution in [0.1, 0.15) is 70.8 Å². The van der Waals surface area contributed by atoms with Crippen molar-refractivity contribution >= 4 is 11.9 Å². The maximum atomic E-state index is 12.6. The summed E-state index contributed by atoms with van der Waals surface area (Å²) in [7, 11) is 0. The summed E-state index contributed by atoms with van der Waals surface area (Å²) < 4.78 is 12.2. The van der Waals surface area contributed by atoms with Crippen LogP contribution in [0, 0.1) is 0 Å². The Bertz CT molecular complexity index is 970. The summed E-state index contributed by atoms with van der Waals surface area (Å²) in [6.45, 7) is 4.27. The highest BCUT2D eigenvalue weighted by molar-refractivity contribution is 5.84. The SMILES string of the molecule is C/C(=C\Cc1ccccc1)CC[C@H]1C[C@@H]2C[C@@H](C/C(C)=C/C/C=C/C/C(CC(=O)O)=C\C(=O)O2)O1. The van der Waals surface area contributed by atoms with Gasteiger partial charge in [-0.2, -0.15) is 0 Å². The highest BCUT2D eigenvalue weighted by atomic mass is 16.6. The van der Waals surface area contributed by atoms with Gasteiger partial charge in [0.25, 0.3) is 0 Å². The van der Waals surface area contributed by atoms with E-state index in [1.54, 1.807) is 0 Å². The molecule has 1 aromatic rings. The molecular weight excluding hydrogens is 440 g/mol. The van der Waals surface area contributed by atoms with Crippen LogP contribution in [-0.4, -0.2) is 35.4 Å². The van der Waals surface area contributed by atoms with Crippen molar-refractivity contribution in [2.75, 3.05) is 0 Å². The van der Waals surface area contributed by atoms with Gasteiger partial charge in [-0.3, -0.25) is 4.79 Å². The van der Waals surface area contributed by atoms with Crippen molar-refractivity contribution in [2.24, 2.45) is 0 Å². The van der Waals surface area contributed by atoms with E-state index in [-0.39, 0.29) is 24.7 Å². The second-order valence-electron chi connectivity index (χ2n) is 9.73. The van der Waals surface area contributed by atoms with Crippen LogP contribution >= 0.6 is 0 Å². The number of rotatable bonds is 7. The van der Waals surface area contributed by atoms with Crippen molar-refractivity contribution in [3.8, 4) is 0 Å². The first-order valence-corrected chi connectivity index (χ1v) is 12.6. The normalized spacial score (nSPS) is 28.0. The van der Waals surface area contributed by atoms with Gasteiger partial charge < -0.3 is 14.6 Å². The Hall–Kier alpha value is -2.92. The Balaban J connectivity index is 1.66. The van der Waals surface area contributed by atoms with Gasteiger partial charge in [0, 0.05) is 18.9 Å². The van der Waals surface area contributed by atoms with Gasteiger partial charge >= 0.3 is 11.9 Å². The molecule has 1 aromatic carbocycles. The average Bonchev–Trinajstić information content (AvgIpc) is 2.80. The van der Waals surface area contributed by atoms with Gasteiger partial charge in [0.05, 0.1) is 18.6 Å². The fourth-order valence-electron chi connectivity index (χ4n) is 4.66. The molecule has 2 bridgehead atoms. The molecule has 0 unspecified atom stereocenters. The number of benzene rings is 1. The van der Waals surface area contributed by atoms with E-state index >= 15 is 0 Å². The van der Waals surface area contributed by atoms with E-state index in [9.17, 15) is 14.7 Å². The average molecular weight is 479 g/mol. The lowest BCUT2D eigenvalue weighted by molar-refractivity contribution is -0.156. The van der Waals surface area contributed by atoms with Crippen LogP contribution in [0.5, 0.6) is 0 Å². The number of aliphatic carboxylic acids is 1. The zero-order chi connectivity index (χ0) is 25.0. The van der Waals surface area contributed by atoms with E-state index in [2.05, 4.69) is 50.3 Å². The van der Waals surface area contributed by atoms with Crippen LogP contribution in [-0.2, 0) is 25.5 Å². The zero-order valence-electron chi connectivity index (χ0n) is 20.9. The Kier molecular flexibility index (Phi) is 10.5. The van der Waals surface area contributed by atoms with Gasteiger partial charge in [-0.25, -0.2) is 4.79 Å². The van der Waals surface area contributed by atoms with Crippen LogP contribution in [0.25, 0.3) is 0 Å². The minimum absolute atomic E-state index is 0.00537. The van der Waals surface area contributed by atoms with Gasteiger partial charge in [0.2, 0.25) is 0 Å². The Morgan fingerprint density at radius 1 is 1.14 bits per heavy atom. The number of ether oxygens (including phenoxy) is 2. The predicted octanol–water partition coefficient (Wildman–Crippen LogP) is 6.50. The van der Waals surface area contributed by atoms with Gasteiger partial charge in [0.1, 0.15) is 6.10 Å². The Morgan fingerprint density at radius 2 is 1.94 bits per heavy atom. The first kappa shape index (κ1) is 26.7. The summed E-state index contributed by atoms with van der Waals surface area (Å²) in [5, 5.41) is 9.19. The van der Waals surface area contributed by atoms with Crippen LogP contribution in [0.3, 0.4) is 0 Å². The fourth-order valence-corrected chi connectivity index (χ4v) is 4.66. The maximum absolute atomic E-state index is 12.6. The highest BCUT2D eigenvalue weighted by Gasteiger charge is 2.31. The van der Waals surface area contributed by atoms with Crippen molar-refractivity contribution in [3.05, 3.63) is 83.0 Å². The van der Waals surface area contributed by atoms with E-state index in [0.29, 0.717) is 24.8 Å². The Labute approximate surface area is 209 Å². The second-order valence-corrected chi connectivity index (χ2v) is 9.73. The molecule has 5 nitrogen and oxygen atoms in total. The van der Waals surface area contributed by atoms with Crippen LogP contribution < -0.4 is 0 Å². The largest absolute Gasteiger partial charge is 0.481 e. The Morgan fingerprint density at radius 3 is 2.71 bits per heavy atom. The van der Waals surface area contributed by atoms with Crippen molar-refractivity contribution in [3.63, 3.8) is 0 Å². The number of carboxylic acids is 1. The fraction of sp³-hybridized carbons (Fsp3) is 0.467. The number of hydrogen-bond acceptors (Lipinski definition) is 4. The monoisotopic (exact) mass is 478 g/mol. The molecule has 1 fully saturated rings. The van der Waals surface area contributed by atoms with Crippen molar-refractivity contribution in [2.45, 2.75) is 89.9 Å². The summed E-state index contributed by atoms with van der Waals surface area (Å²) in [5.74, 6) is -1.40. The molecule has 0 radical (unpaired) electrons. The molecule has 1 N–H and O–H groups in total. The third-order valence-corrected chi connectivity index (χ3v) is 6.51. The molecule has 2 heterocycles. The molecule has 0 saturated carbocycles. The molecule has 2 aliphatic heterocycles. The van der Waals surface area contributed by atoms with Gasteiger partial charge in [0.15, 0.2) is 0 Å². The zero-order valence-corrected chi connectivity index (χ0v) is 20.9. The molecule has 0 spiro atoms. The van der Waals surface area contributed by atoms with E-state index < -0.39 is 11.9 Å². The molecule has 5 heteroatoms. The van der Waals surface area contributed by atoms with Gasteiger partial charge in [-0.1, -0.05) is 65.8 Å². The van der Waals surface area contributed by atoms with Crippen molar-refractivity contribution in [1.82, 2.24) is 0 Å². The summed E-state index contributed by atoms with van der Waals surface area (Å²) in [6, 6.07) is 10.4. The topological polar surface area (TPSA) is 72.8 Å². The molecule has 35 heavy (non-hydrogen) atoms. The summed E-state index contributed by atoms with van der Waals surface area (Å²) in [6.07, 6.45) is 15.5. The van der Waals surface area contributed by atoms with Crippen LogP contribution in [0.15, 0.2) is 77.4 Å². The molecule has 188 valence electrons. The van der Waals surface area contributed by atoms with Crippen LogP contribution in [0.2, 0.25) is 0 Å². The molecular formula is C30H38O5. The molecule has 0 aromatic heterocycles. The number of carboxylic acid groups (broad SMARTS) is 1. The lowest BCUT2D eigenvalue weighted by Gasteiger charge is -2.35. The lowest BCUT2D eigenvalue weighted by Crippen LogP contribution is -2.38. The highest BCUT2D eigenvalue weighted by Crippen LogP contribution is 2.30. The third kappa shape index (κ3) is 10.1. The minimum Gasteiger partial charge on any atom is -0.481 e. The standard InChI is InChI=1S/C30H38O5/c1-22(13-15-24-10-6-4-7-11-24)14-16-26-20-28-21-27(34-26)17-23(2)9-5-3-8-12-25(18-29(31)32)19-30(33)35-28/h3-4,6-11,13,19,26-28H,5,12,14-18,20-21H2,1-2H3,(H,31,32)/b8-3+,22-13+,23-9+,25-19+/t26-,27+,28+/m0/s1. The maximum Gasteiger partial charge on any atom is 0.331 e. The molecule has 3 rings (SSSR count). The first-order valence-electron chi connectivity index (χ1n) is 12.6. The number of allylic oxidation sites excluding steroid dienone is 5. The number of fused-ring (bicyclic) bond motifs is 2. The summed E-state index contributed by atoms with van der Waals surface area (Å²) in [5.41, 5.74) is 4.44. The van der Waals surface area contributed by atoms with Crippen molar-refractivity contribution < 1.29 is 24.2 Å². The first-order chi connectivity index (χ1) is 16.9. The molecule has 0 aliphatic carbocycles. The van der Waals surface area contributed by atoms with E-state index in [1.165, 1.54) is 22.8 Å². The molecule has 0 amide bonds.